The summed E-state index contributed by atoms with van der Waals surface area (Å²) in [6.07, 6.45) is 2.34. The second kappa shape index (κ2) is 8.26. The summed E-state index contributed by atoms with van der Waals surface area (Å²) in [5.74, 6) is -0.0616. The predicted molar refractivity (Wildman–Crippen MR) is 102 cm³/mol. The van der Waals surface area contributed by atoms with E-state index in [9.17, 15) is 17.6 Å². The minimum Gasteiger partial charge on any atom is -0.486 e. The van der Waals surface area contributed by atoms with Crippen LogP contribution in [0.3, 0.4) is 0 Å². The van der Waals surface area contributed by atoms with Gasteiger partial charge in [0.05, 0.1) is 18.2 Å². The number of carbonyl (C=O) groups excluding carboxylic acids is 1. The Hall–Kier alpha value is -3.14. The highest BCUT2D eigenvalue weighted by Gasteiger charge is 2.21. The quantitative estimate of drug-likeness (QED) is 0.578. The van der Waals surface area contributed by atoms with Crippen LogP contribution >= 0.6 is 0 Å². The van der Waals surface area contributed by atoms with Gasteiger partial charge in [-0.1, -0.05) is 6.07 Å². The Morgan fingerprint density at radius 1 is 1.21 bits per heavy atom. The van der Waals surface area contributed by atoms with Crippen LogP contribution < -0.4 is 19.2 Å². The summed E-state index contributed by atoms with van der Waals surface area (Å²) in [6, 6.07) is 10.0. The molecule has 2 aromatic rings. The average molecular weight is 407 g/mol. The SMILES string of the molecule is CS(=O)(=O)N(CC(=O)N/N=C\c1cccc2c1OCCO2)c1ccc(F)cc1. The van der Waals surface area contributed by atoms with E-state index in [1.54, 1.807) is 18.2 Å². The molecular weight excluding hydrogens is 389 g/mol. The lowest BCUT2D eigenvalue weighted by atomic mass is 10.2. The molecule has 0 aromatic heterocycles. The topological polar surface area (TPSA) is 97.3 Å². The first kappa shape index (κ1) is 19.6. The van der Waals surface area contributed by atoms with E-state index in [1.807, 2.05) is 0 Å². The van der Waals surface area contributed by atoms with Gasteiger partial charge < -0.3 is 9.47 Å². The molecule has 0 radical (unpaired) electrons. The van der Waals surface area contributed by atoms with Crippen molar-refractivity contribution >= 4 is 27.8 Å². The van der Waals surface area contributed by atoms with Gasteiger partial charge in [-0.15, -0.1) is 0 Å². The Balaban J connectivity index is 1.69. The van der Waals surface area contributed by atoms with Gasteiger partial charge in [0.1, 0.15) is 25.6 Å². The average Bonchev–Trinajstić information content (AvgIpc) is 2.66. The van der Waals surface area contributed by atoms with Gasteiger partial charge in [-0.25, -0.2) is 18.2 Å². The standard InChI is InChI=1S/C18H18FN3O5S/c1-28(24,25)22(15-7-5-14(19)6-8-15)12-17(23)21-20-11-13-3-2-4-16-18(13)27-10-9-26-16/h2-8,11H,9-10,12H2,1H3,(H,21,23)/b20-11-. The van der Waals surface area contributed by atoms with E-state index in [0.29, 0.717) is 30.3 Å². The molecule has 0 atom stereocenters. The number of hydrazone groups is 1. The molecule has 0 fully saturated rings. The number of hydrogen-bond acceptors (Lipinski definition) is 6. The van der Waals surface area contributed by atoms with Crippen LogP contribution in [0.4, 0.5) is 10.1 Å². The summed E-state index contributed by atoms with van der Waals surface area (Å²) in [7, 11) is -3.75. The fourth-order valence-corrected chi connectivity index (χ4v) is 3.40. The van der Waals surface area contributed by atoms with Crippen molar-refractivity contribution in [3.8, 4) is 11.5 Å². The van der Waals surface area contributed by atoms with Gasteiger partial charge in [0, 0.05) is 5.56 Å². The van der Waals surface area contributed by atoms with Gasteiger partial charge in [0.15, 0.2) is 11.5 Å². The molecule has 2 aromatic carbocycles. The number of carbonyl (C=O) groups is 1. The number of halogens is 1. The third kappa shape index (κ3) is 4.77. The Morgan fingerprint density at radius 3 is 2.64 bits per heavy atom. The van der Waals surface area contributed by atoms with Crippen molar-refractivity contribution in [1.82, 2.24) is 5.43 Å². The number of para-hydroxylation sites is 1. The fourth-order valence-electron chi connectivity index (χ4n) is 2.54. The molecule has 0 saturated carbocycles. The molecular formula is C18H18FN3O5S. The monoisotopic (exact) mass is 407 g/mol. The Bertz CT molecular complexity index is 993. The van der Waals surface area contributed by atoms with Gasteiger partial charge in [-0.05, 0) is 36.4 Å². The zero-order valence-electron chi connectivity index (χ0n) is 15.0. The molecule has 0 saturated heterocycles. The zero-order chi connectivity index (χ0) is 20.1. The second-order valence-electron chi connectivity index (χ2n) is 5.91. The maximum absolute atomic E-state index is 13.1. The number of fused-ring (bicyclic) bond motifs is 1. The molecule has 0 spiro atoms. The first-order valence-corrected chi connectivity index (χ1v) is 10.1. The summed E-state index contributed by atoms with van der Waals surface area (Å²) in [5.41, 5.74) is 3.05. The fraction of sp³-hybridized carbons (Fsp3) is 0.222. The molecule has 10 heteroatoms. The summed E-state index contributed by atoms with van der Waals surface area (Å²) in [5, 5.41) is 3.85. The Kier molecular flexibility index (Phi) is 5.78. The van der Waals surface area contributed by atoms with Crippen LogP contribution in [0, 0.1) is 5.82 Å². The van der Waals surface area contributed by atoms with Crippen LogP contribution in [0.15, 0.2) is 47.6 Å². The third-order valence-corrected chi connectivity index (χ3v) is 4.93. The molecule has 1 amide bonds. The number of sulfonamides is 1. The summed E-state index contributed by atoms with van der Waals surface area (Å²) < 4.78 is 48.9. The van der Waals surface area contributed by atoms with Crippen LogP contribution in [0.5, 0.6) is 11.5 Å². The van der Waals surface area contributed by atoms with Crippen molar-refractivity contribution in [2.45, 2.75) is 0 Å². The van der Waals surface area contributed by atoms with Crippen molar-refractivity contribution in [3.63, 3.8) is 0 Å². The number of anilines is 1. The van der Waals surface area contributed by atoms with E-state index in [2.05, 4.69) is 10.5 Å². The van der Waals surface area contributed by atoms with Crippen molar-refractivity contribution in [1.29, 1.82) is 0 Å². The maximum atomic E-state index is 13.1. The lowest BCUT2D eigenvalue weighted by Crippen LogP contribution is -2.39. The van der Waals surface area contributed by atoms with Crippen molar-refractivity contribution < 1.29 is 27.1 Å². The van der Waals surface area contributed by atoms with Crippen LogP contribution in [0.25, 0.3) is 0 Å². The lowest BCUT2D eigenvalue weighted by molar-refractivity contribution is -0.119. The molecule has 148 valence electrons. The molecule has 0 unspecified atom stereocenters. The molecule has 1 heterocycles. The highest BCUT2D eigenvalue weighted by atomic mass is 32.2. The number of hydrogen-bond donors (Lipinski definition) is 1. The summed E-state index contributed by atoms with van der Waals surface area (Å²) >= 11 is 0. The Morgan fingerprint density at radius 2 is 1.93 bits per heavy atom. The van der Waals surface area contributed by atoms with E-state index in [0.717, 1.165) is 22.7 Å². The molecule has 0 bridgehead atoms. The maximum Gasteiger partial charge on any atom is 0.260 e. The van der Waals surface area contributed by atoms with E-state index >= 15 is 0 Å². The van der Waals surface area contributed by atoms with Crippen molar-refractivity contribution in [2.75, 3.05) is 30.3 Å². The molecule has 8 nitrogen and oxygen atoms in total. The molecule has 0 aliphatic carbocycles. The molecule has 1 N–H and O–H groups in total. The van der Waals surface area contributed by atoms with Gasteiger partial charge in [0.25, 0.3) is 5.91 Å². The van der Waals surface area contributed by atoms with Gasteiger partial charge >= 0.3 is 0 Å². The smallest absolute Gasteiger partial charge is 0.260 e. The Labute approximate surface area is 161 Å². The van der Waals surface area contributed by atoms with E-state index in [1.165, 1.54) is 18.3 Å². The van der Waals surface area contributed by atoms with E-state index in [-0.39, 0.29) is 5.69 Å². The van der Waals surface area contributed by atoms with Gasteiger partial charge in [-0.2, -0.15) is 5.10 Å². The predicted octanol–water partition coefficient (Wildman–Crippen LogP) is 1.51. The highest BCUT2D eigenvalue weighted by molar-refractivity contribution is 7.92. The third-order valence-electron chi connectivity index (χ3n) is 3.79. The van der Waals surface area contributed by atoms with Crippen molar-refractivity contribution in [3.05, 3.63) is 53.8 Å². The first-order valence-electron chi connectivity index (χ1n) is 8.28. The van der Waals surface area contributed by atoms with Crippen LogP contribution in [-0.2, 0) is 14.8 Å². The molecule has 1 aliphatic heterocycles. The first-order chi connectivity index (χ1) is 13.3. The van der Waals surface area contributed by atoms with Crippen LogP contribution in [0.2, 0.25) is 0 Å². The highest BCUT2D eigenvalue weighted by Crippen LogP contribution is 2.32. The lowest BCUT2D eigenvalue weighted by Gasteiger charge is -2.21. The molecule has 1 aliphatic rings. The summed E-state index contributed by atoms with van der Waals surface area (Å²) in [4.78, 5) is 12.2. The van der Waals surface area contributed by atoms with Crippen molar-refractivity contribution in [2.24, 2.45) is 5.10 Å². The largest absolute Gasteiger partial charge is 0.486 e. The van der Waals surface area contributed by atoms with Gasteiger partial charge in [-0.3, -0.25) is 9.10 Å². The molecule has 3 rings (SSSR count). The molecule has 28 heavy (non-hydrogen) atoms. The zero-order valence-corrected chi connectivity index (χ0v) is 15.8. The second-order valence-corrected chi connectivity index (χ2v) is 7.82. The number of nitrogens with one attached hydrogen (secondary N) is 1. The number of ether oxygens (including phenoxy) is 2. The van der Waals surface area contributed by atoms with Crippen LogP contribution in [-0.4, -0.2) is 46.6 Å². The van der Waals surface area contributed by atoms with Crippen LogP contribution in [0.1, 0.15) is 5.56 Å². The summed E-state index contributed by atoms with van der Waals surface area (Å²) in [6.45, 7) is 0.356. The van der Waals surface area contributed by atoms with Gasteiger partial charge in [0.2, 0.25) is 10.0 Å². The van der Waals surface area contributed by atoms with E-state index < -0.39 is 28.3 Å². The number of amides is 1. The normalized spacial score (nSPS) is 13.4. The number of nitrogens with zero attached hydrogens (tertiary/aromatic N) is 2. The number of rotatable bonds is 6. The minimum atomic E-state index is -3.75. The van der Waals surface area contributed by atoms with E-state index in [4.69, 9.17) is 9.47 Å². The minimum absolute atomic E-state index is 0.172. The number of benzene rings is 2.